The van der Waals surface area contributed by atoms with E-state index in [-0.39, 0.29) is 0 Å². The van der Waals surface area contributed by atoms with Crippen molar-refractivity contribution in [1.29, 1.82) is 0 Å². The van der Waals surface area contributed by atoms with Crippen LogP contribution in [0.4, 0.5) is 5.82 Å². The van der Waals surface area contributed by atoms with Crippen LogP contribution >= 0.6 is 11.6 Å². The van der Waals surface area contributed by atoms with Crippen molar-refractivity contribution < 1.29 is 14.0 Å². The van der Waals surface area contributed by atoms with Gasteiger partial charge < -0.3 is 19.3 Å². The summed E-state index contributed by atoms with van der Waals surface area (Å²) in [6, 6.07) is 5.57. The summed E-state index contributed by atoms with van der Waals surface area (Å²) in [5.41, 5.74) is 2.67. The van der Waals surface area contributed by atoms with Crippen LogP contribution in [-0.4, -0.2) is 34.4 Å². The number of hydrogen-bond acceptors (Lipinski definition) is 7. The average Bonchev–Trinajstić information content (AvgIpc) is 3.19. The highest BCUT2D eigenvalue weighted by Crippen LogP contribution is 2.36. The predicted molar refractivity (Wildman–Crippen MR) is 97.0 cm³/mol. The fraction of sp³-hybridized carbons (Fsp3) is 0.353. The Morgan fingerprint density at radius 1 is 1.19 bits per heavy atom. The molecule has 0 fully saturated rings. The summed E-state index contributed by atoms with van der Waals surface area (Å²) in [5, 5.41) is 16.0. The van der Waals surface area contributed by atoms with E-state index >= 15 is 0 Å². The summed E-state index contributed by atoms with van der Waals surface area (Å²) in [4.78, 5) is 0. The first kappa shape index (κ1) is 18.1. The summed E-state index contributed by atoms with van der Waals surface area (Å²) in [6.45, 7) is 4.81. The quantitative estimate of drug-likeness (QED) is 0.676. The van der Waals surface area contributed by atoms with Gasteiger partial charge in [-0.2, -0.15) is 0 Å². The first-order chi connectivity index (χ1) is 12.5. The van der Waals surface area contributed by atoms with Gasteiger partial charge in [0.25, 0.3) is 0 Å². The molecule has 0 unspecified atom stereocenters. The van der Waals surface area contributed by atoms with Gasteiger partial charge in [-0.1, -0.05) is 22.0 Å². The zero-order valence-corrected chi connectivity index (χ0v) is 15.8. The fourth-order valence-electron chi connectivity index (χ4n) is 2.57. The van der Waals surface area contributed by atoms with Crippen LogP contribution in [0.15, 0.2) is 22.7 Å². The molecule has 3 aromatic rings. The second-order valence-corrected chi connectivity index (χ2v) is 6.19. The lowest BCUT2D eigenvalue weighted by Crippen LogP contribution is -2.05. The van der Waals surface area contributed by atoms with Gasteiger partial charge >= 0.3 is 0 Å². The standard InChI is InChI=1S/C17H20ClN5O3/c1-10-5-13(26-21-10)9-23-11(2)17(20-22-23)19-8-12-6-14(18)16(25-4)15(7-12)24-3/h5-7,19H,8-9H2,1-4H3. The van der Waals surface area contributed by atoms with Crippen LogP contribution < -0.4 is 14.8 Å². The van der Waals surface area contributed by atoms with Crippen molar-refractivity contribution in [2.75, 3.05) is 19.5 Å². The van der Waals surface area contributed by atoms with Gasteiger partial charge in [0.05, 0.1) is 30.6 Å². The lowest BCUT2D eigenvalue weighted by atomic mass is 10.2. The first-order valence-electron chi connectivity index (χ1n) is 7.98. The zero-order valence-electron chi connectivity index (χ0n) is 15.0. The molecule has 0 aliphatic heterocycles. The Labute approximate surface area is 156 Å². The summed E-state index contributed by atoms with van der Waals surface area (Å²) < 4.78 is 17.5. The Balaban J connectivity index is 1.71. The van der Waals surface area contributed by atoms with Crippen LogP contribution in [0.2, 0.25) is 5.02 Å². The monoisotopic (exact) mass is 377 g/mol. The van der Waals surface area contributed by atoms with Gasteiger partial charge in [-0.15, -0.1) is 5.10 Å². The molecule has 2 heterocycles. The molecule has 1 N–H and O–H groups in total. The van der Waals surface area contributed by atoms with Crippen molar-refractivity contribution in [2.45, 2.75) is 26.9 Å². The summed E-state index contributed by atoms with van der Waals surface area (Å²) >= 11 is 6.24. The third kappa shape index (κ3) is 3.75. The number of nitrogens with zero attached hydrogens (tertiary/aromatic N) is 4. The Kier molecular flexibility index (Phi) is 5.32. The number of nitrogens with one attached hydrogen (secondary N) is 1. The van der Waals surface area contributed by atoms with E-state index in [9.17, 15) is 0 Å². The molecule has 138 valence electrons. The van der Waals surface area contributed by atoms with E-state index in [1.807, 2.05) is 32.0 Å². The minimum absolute atomic E-state index is 0.476. The molecule has 0 aliphatic carbocycles. The van der Waals surface area contributed by atoms with Crippen LogP contribution in [0, 0.1) is 13.8 Å². The minimum Gasteiger partial charge on any atom is -0.493 e. The Bertz CT molecular complexity index is 906. The molecule has 0 aliphatic rings. The first-order valence-corrected chi connectivity index (χ1v) is 8.36. The van der Waals surface area contributed by atoms with E-state index in [1.54, 1.807) is 18.9 Å². The number of benzene rings is 1. The molecule has 0 bridgehead atoms. The smallest absolute Gasteiger partial charge is 0.179 e. The van der Waals surface area contributed by atoms with E-state index in [1.165, 1.54) is 0 Å². The Hall–Kier alpha value is -2.74. The van der Waals surface area contributed by atoms with Crippen LogP contribution in [0.5, 0.6) is 11.5 Å². The molecule has 26 heavy (non-hydrogen) atoms. The molecule has 0 saturated carbocycles. The third-order valence-corrected chi connectivity index (χ3v) is 4.20. The number of halogens is 1. The second kappa shape index (κ2) is 7.65. The van der Waals surface area contributed by atoms with E-state index < -0.39 is 0 Å². The van der Waals surface area contributed by atoms with Crippen molar-refractivity contribution in [2.24, 2.45) is 0 Å². The van der Waals surface area contributed by atoms with E-state index in [2.05, 4.69) is 20.8 Å². The van der Waals surface area contributed by atoms with Gasteiger partial charge in [0.15, 0.2) is 23.1 Å². The zero-order chi connectivity index (χ0) is 18.7. The maximum Gasteiger partial charge on any atom is 0.179 e. The fourth-order valence-corrected chi connectivity index (χ4v) is 2.88. The highest BCUT2D eigenvalue weighted by Gasteiger charge is 2.13. The van der Waals surface area contributed by atoms with Crippen molar-refractivity contribution in [3.63, 3.8) is 0 Å². The highest BCUT2D eigenvalue weighted by molar-refractivity contribution is 6.32. The largest absolute Gasteiger partial charge is 0.493 e. The van der Waals surface area contributed by atoms with Crippen molar-refractivity contribution in [1.82, 2.24) is 20.2 Å². The number of ether oxygens (including phenoxy) is 2. The van der Waals surface area contributed by atoms with Gasteiger partial charge in [-0.3, -0.25) is 0 Å². The molecule has 0 amide bonds. The third-order valence-electron chi connectivity index (χ3n) is 3.92. The van der Waals surface area contributed by atoms with Crippen LogP contribution in [0.1, 0.15) is 22.7 Å². The molecule has 8 nitrogen and oxygen atoms in total. The molecule has 9 heteroatoms. The van der Waals surface area contributed by atoms with Gasteiger partial charge in [-0.25, -0.2) is 4.68 Å². The number of aryl methyl sites for hydroxylation is 1. The topological polar surface area (TPSA) is 87.2 Å². The molecule has 0 atom stereocenters. The molecule has 0 radical (unpaired) electrons. The van der Waals surface area contributed by atoms with E-state index in [0.717, 1.165) is 22.7 Å². The number of rotatable bonds is 7. The molecule has 1 aromatic carbocycles. The minimum atomic E-state index is 0.476. The number of hydrogen-bond donors (Lipinski definition) is 1. The van der Waals surface area contributed by atoms with Crippen LogP contribution in [0.3, 0.4) is 0 Å². The van der Waals surface area contributed by atoms with Crippen molar-refractivity contribution in [3.8, 4) is 11.5 Å². The van der Waals surface area contributed by atoms with Gasteiger partial charge in [0, 0.05) is 12.6 Å². The van der Waals surface area contributed by atoms with Gasteiger partial charge in [0.2, 0.25) is 0 Å². The number of methoxy groups -OCH3 is 2. The van der Waals surface area contributed by atoms with E-state index in [4.69, 9.17) is 25.6 Å². The number of aromatic nitrogens is 4. The summed E-state index contributed by atoms with van der Waals surface area (Å²) in [7, 11) is 3.13. The van der Waals surface area contributed by atoms with Crippen LogP contribution in [-0.2, 0) is 13.1 Å². The normalized spacial score (nSPS) is 10.8. The number of anilines is 1. The summed E-state index contributed by atoms with van der Waals surface area (Å²) in [5.74, 6) is 2.51. The van der Waals surface area contributed by atoms with Gasteiger partial charge in [0.1, 0.15) is 6.54 Å². The maximum absolute atomic E-state index is 6.24. The Morgan fingerprint density at radius 3 is 2.65 bits per heavy atom. The van der Waals surface area contributed by atoms with Crippen molar-refractivity contribution in [3.05, 3.63) is 45.9 Å². The molecule has 0 saturated heterocycles. The van der Waals surface area contributed by atoms with Crippen LogP contribution in [0.25, 0.3) is 0 Å². The SMILES string of the molecule is COc1cc(CNc2nnn(Cc3cc(C)no3)c2C)cc(Cl)c1OC. The molecule has 0 spiro atoms. The van der Waals surface area contributed by atoms with Crippen molar-refractivity contribution >= 4 is 17.4 Å². The summed E-state index contributed by atoms with van der Waals surface area (Å²) in [6.07, 6.45) is 0. The second-order valence-electron chi connectivity index (χ2n) is 5.78. The lowest BCUT2D eigenvalue weighted by Gasteiger charge is -2.12. The highest BCUT2D eigenvalue weighted by atomic mass is 35.5. The molecular formula is C17H20ClN5O3. The lowest BCUT2D eigenvalue weighted by molar-refractivity contribution is 0.355. The average molecular weight is 378 g/mol. The predicted octanol–water partition coefficient (Wildman–Crippen LogP) is 3.21. The maximum atomic E-state index is 6.24. The molecule has 3 rings (SSSR count). The molecule has 2 aromatic heterocycles. The molecular weight excluding hydrogens is 358 g/mol. The Morgan fingerprint density at radius 2 is 2.00 bits per heavy atom. The van der Waals surface area contributed by atoms with Gasteiger partial charge in [-0.05, 0) is 31.5 Å². The van der Waals surface area contributed by atoms with E-state index in [0.29, 0.717) is 35.4 Å².